The molecular weight excluding hydrogens is 308 g/mol. The number of ether oxygens (including phenoxy) is 1. The SMILES string of the molecule is Cn1c(C2CCOCC2)nc(Br)c1-c1cncnc1. The Labute approximate surface area is 120 Å². The van der Waals surface area contributed by atoms with Gasteiger partial charge in [-0.2, -0.15) is 0 Å². The maximum absolute atomic E-state index is 5.41. The number of hydrogen-bond acceptors (Lipinski definition) is 4. The Balaban J connectivity index is 2.00. The van der Waals surface area contributed by atoms with E-state index < -0.39 is 0 Å². The van der Waals surface area contributed by atoms with Crippen molar-refractivity contribution in [3.63, 3.8) is 0 Å². The summed E-state index contributed by atoms with van der Waals surface area (Å²) in [6, 6.07) is 0. The van der Waals surface area contributed by atoms with Crippen molar-refractivity contribution >= 4 is 15.9 Å². The zero-order valence-electron chi connectivity index (χ0n) is 10.7. The van der Waals surface area contributed by atoms with Gasteiger partial charge in [-0.25, -0.2) is 15.0 Å². The molecule has 0 aliphatic carbocycles. The van der Waals surface area contributed by atoms with E-state index in [9.17, 15) is 0 Å². The quantitative estimate of drug-likeness (QED) is 0.852. The van der Waals surface area contributed by atoms with E-state index in [0.717, 1.165) is 47.7 Å². The highest BCUT2D eigenvalue weighted by atomic mass is 79.9. The molecule has 0 saturated carbocycles. The summed E-state index contributed by atoms with van der Waals surface area (Å²) in [5.41, 5.74) is 2.00. The van der Waals surface area contributed by atoms with Crippen molar-refractivity contribution in [2.45, 2.75) is 18.8 Å². The van der Waals surface area contributed by atoms with Gasteiger partial charge in [0.05, 0.1) is 5.69 Å². The van der Waals surface area contributed by atoms with Gasteiger partial charge in [-0.3, -0.25) is 0 Å². The third-order valence-corrected chi connectivity index (χ3v) is 4.06. The lowest BCUT2D eigenvalue weighted by atomic mass is 9.99. The summed E-state index contributed by atoms with van der Waals surface area (Å²) in [6.45, 7) is 1.64. The number of aromatic nitrogens is 4. The number of nitrogens with zero attached hydrogens (tertiary/aromatic N) is 4. The van der Waals surface area contributed by atoms with E-state index in [0.29, 0.717) is 5.92 Å². The maximum Gasteiger partial charge on any atom is 0.132 e. The zero-order chi connectivity index (χ0) is 13.2. The summed E-state index contributed by atoms with van der Waals surface area (Å²) < 4.78 is 8.40. The van der Waals surface area contributed by atoms with Crippen molar-refractivity contribution in [3.8, 4) is 11.3 Å². The van der Waals surface area contributed by atoms with Crippen LogP contribution in [0.5, 0.6) is 0 Å². The van der Waals surface area contributed by atoms with Gasteiger partial charge in [0.25, 0.3) is 0 Å². The second-order valence-electron chi connectivity index (χ2n) is 4.68. The molecule has 6 heteroatoms. The Bertz CT molecular complexity index is 564. The summed E-state index contributed by atoms with van der Waals surface area (Å²) in [7, 11) is 2.05. The first-order chi connectivity index (χ1) is 9.27. The minimum absolute atomic E-state index is 0.466. The topological polar surface area (TPSA) is 52.8 Å². The molecule has 19 heavy (non-hydrogen) atoms. The molecule has 3 rings (SSSR count). The van der Waals surface area contributed by atoms with E-state index in [2.05, 4.69) is 35.4 Å². The summed E-state index contributed by atoms with van der Waals surface area (Å²) in [4.78, 5) is 12.8. The summed E-state index contributed by atoms with van der Waals surface area (Å²) in [6.07, 6.45) is 7.21. The summed E-state index contributed by atoms with van der Waals surface area (Å²) in [5, 5.41) is 0. The lowest BCUT2D eigenvalue weighted by Crippen LogP contribution is -2.17. The molecule has 1 aliphatic heterocycles. The highest BCUT2D eigenvalue weighted by molar-refractivity contribution is 9.10. The average Bonchev–Trinajstić information content (AvgIpc) is 2.76. The summed E-state index contributed by atoms with van der Waals surface area (Å²) in [5.74, 6) is 1.57. The first-order valence-corrected chi connectivity index (χ1v) is 7.12. The molecule has 0 radical (unpaired) electrons. The van der Waals surface area contributed by atoms with Gasteiger partial charge >= 0.3 is 0 Å². The van der Waals surface area contributed by atoms with Crippen molar-refractivity contribution in [1.82, 2.24) is 19.5 Å². The number of imidazole rings is 1. The van der Waals surface area contributed by atoms with Gasteiger partial charge in [0.15, 0.2) is 0 Å². The lowest BCUT2D eigenvalue weighted by Gasteiger charge is -2.21. The van der Waals surface area contributed by atoms with Crippen molar-refractivity contribution in [2.24, 2.45) is 7.05 Å². The first kappa shape index (κ1) is 12.7. The van der Waals surface area contributed by atoms with E-state index >= 15 is 0 Å². The van der Waals surface area contributed by atoms with Crippen LogP contribution in [0.2, 0.25) is 0 Å². The molecule has 0 amide bonds. The molecule has 0 N–H and O–H groups in total. The summed E-state index contributed by atoms with van der Waals surface area (Å²) >= 11 is 3.55. The van der Waals surface area contributed by atoms with Crippen LogP contribution in [0.3, 0.4) is 0 Å². The molecule has 0 spiro atoms. The minimum atomic E-state index is 0.466. The fourth-order valence-corrected chi connectivity index (χ4v) is 3.21. The number of rotatable bonds is 2. The molecule has 100 valence electrons. The van der Waals surface area contributed by atoms with Crippen LogP contribution in [-0.2, 0) is 11.8 Å². The minimum Gasteiger partial charge on any atom is -0.381 e. The van der Waals surface area contributed by atoms with E-state index in [1.165, 1.54) is 6.33 Å². The van der Waals surface area contributed by atoms with Crippen LogP contribution in [-0.4, -0.2) is 32.7 Å². The van der Waals surface area contributed by atoms with E-state index in [1.807, 2.05) is 19.4 Å². The fourth-order valence-electron chi connectivity index (χ4n) is 2.54. The maximum atomic E-state index is 5.41. The third kappa shape index (κ3) is 2.42. The smallest absolute Gasteiger partial charge is 0.132 e. The van der Waals surface area contributed by atoms with Crippen molar-refractivity contribution in [2.75, 3.05) is 13.2 Å². The van der Waals surface area contributed by atoms with E-state index in [1.54, 1.807) is 0 Å². The standard InChI is InChI=1S/C13H15BrN4O/c1-18-11(10-6-15-8-16-7-10)12(14)17-13(18)9-2-4-19-5-3-9/h6-9H,2-5H2,1H3. The highest BCUT2D eigenvalue weighted by Gasteiger charge is 2.23. The van der Waals surface area contributed by atoms with Crippen molar-refractivity contribution in [3.05, 3.63) is 29.1 Å². The van der Waals surface area contributed by atoms with Crippen molar-refractivity contribution < 1.29 is 4.74 Å². The molecule has 1 fully saturated rings. The molecule has 2 aromatic rings. The van der Waals surface area contributed by atoms with Gasteiger partial charge in [-0.15, -0.1) is 0 Å². The predicted octanol–water partition coefficient (Wildman–Crippen LogP) is 2.53. The second-order valence-corrected chi connectivity index (χ2v) is 5.43. The molecule has 5 nitrogen and oxygen atoms in total. The number of hydrogen-bond donors (Lipinski definition) is 0. The Morgan fingerprint density at radius 2 is 1.95 bits per heavy atom. The van der Waals surface area contributed by atoms with Crippen LogP contribution in [0.4, 0.5) is 0 Å². The molecule has 3 heterocycles. The molecular formula is C13H15BrN4O. The zero-order valence-corrected chi connectivity index (χ0v) is 12.3. The van der Waals surface area contributed by atoms with Gasteiger partial charge in [0.1, 0.15) is 16.8 Å². The third-order valence-electron chi connectivity index (χ3n) is 3.51. The molecule has 0 atom stereocenters. The predicted molar refractivity (Wildman–Crippen MR) is 74.7 cm³/mol. The second kappa shape index (κ2) is 5.38. The van der Waals surface area contributed by atoms with Gasteiger partial charge in [0.2, 0.25) is 0 Å². The molecule has 2 aromatic heterocycles. The first-order valence-electron chi connectivity index (χ1n) is 6.32. The van der Waals surface area contributed by atoms with Gasteiger partial charge in [0, 0.05) is 44.1 Å². The Morgan fingerprint density at radius 3 is 2.63 bits per heavy atom. The molecule has 0 aromatic carbocycles. The Kier molecular flexibility index (Phi) is 3.61. The van der Waals surface area contributed by atoms with Crippen molar-refractivity contribution in [1.29, 1.82) is 0 Å². The fraction of sp³-hybridized carbons (Fsp3) is 0.462. The van der Waals surface area contributed by atoms with E-state index in [4.69, 9.17) is 4.74 Å². The Morgan fingerprint density at radius 1 is 1.26 bits per heavy atom. The average molecular weight is 323 g/mol. The van der Waals surface area contributed by atoms with E-state index in [-0.39, 0.29) is 0 Å². The molecule has 0 bridgehead atoms. The van der Waals surface area contributed by atoms with Gasteiger partial charge < -0.3 is 9.30 Å². The van der Waals surface area contributed by atoms with Crippen LogP contribution < -0.4 is 0 Å². The Hall–Kier alpha value is -1.27. The van der Waals surface area contributed by atoms with Crippen LogP contribution in [0.15, 0.2) is 23.3 Å². The largest absolute Gasteiger partial charge is 0.381 e. The van der Waals surface area contributed by atoms with Crippen LogP contribution >= 0.6 is 15.9 Å². The molecule has 1 aliphatic rings. The molecule has 1 saturated heterocycles. The number of halogens is 1. The van der Waals surface area contributed by atoms with Gasteiger partial charge in [-0.05, 0) is 28.8 Å². The molecule has 0 unspecified atom stereocenters. The highest BCUT2D eigenvalue weighted by Crippen LogP contribution is 2.33. The normalized spacial score (nSPS) is 16.7. The lowest BCUT2D eigenvalue weighted by molar-refractivity contribution is 0.0830. The monoisotopic (exact) mass is 322 g/mol. The van der Waals surface area contributed by atoms with Crippen LogP contribution in [0.1, 0.15) is 24.6 Å². The van der Waals surface area contributed by atoms with Crippen LogP contribution in [0.25, 0.3) is 11.3 Å². The van der Waals surface area contributed by atoms with Crippen LogP contribution in [0, 0.1) is 0 Å². The van der Waals surface area contributed by atoms with Gasteiger partial charge in [-0.1, -0.05) is 0 Å².